The molecule has 1 aliphatic rings. The highest BCUT2D eigenvalue weighted by Gasteiger charge is 2.25. The number of benzene rings is 1. The van der Waals surface area contributed by atoms with Gasteiger partial charge in [-0.05, 0) is 24.6 Å². The van der Waals surface area contributed by atoms with Crippen LogP contribution < -0.4 is 10.2 Å². The van der Waals surface area contributed by atoms with E-state index in [1.54, 1.807) is 11.0 Å². The fourth-order valence-corrected chi connectivity index (χ4v) is 2.38. The minimum absolute atomic E-state index is 0.313. The minimum atomic E-state index is -0.557. The summed E-state index contributed by atoms with van der Waals surface area (Å²) >= 11 is 0. The van der Waals surface area contributed by atoms with Crippen molar-refractivity contribution in [2.24, 2.45) is 0 Å². The van der Waals surface area contributed by atoms with Crippen LogP contribution in [0, 0.1) is 6.92 Å². The molecule has 1 saturated heterocycles. The summed E-state index contributed by atoms with van der Waals surface area (Å²) in [4.78, 5) is 27.4. The van der Waals surface area contributed by atoms with E-state index in [2.05, 4.69) is 41.9 Å². The Morgan fingerprint density at radius 1 is 1.29 bits per heavy atom. The Labute approximate surface area is 125 Å². The number of hydrogen-bond acceptors (Lipinski definition) is 3. The minimum Gasteiger partial charge on any atom is -0.368 e. The lowest BCUT2D eigenvalue weighted by Gasteiger charge is -2.35. The lowest BCUT2D eigenvalue weighted by molar-refractivity contribution is -0.145. The van der Waals surface area contributed by atoms with Gasteiger partial charge in [-0.2, -0.15) is 0 Å². The average Bonchev–Trinajstić information content (AvgIpc) is 2.52. The van der Waals surface area contributed by atoms with Crippen molar-refractivity contribution in [1.29, 1.82) is 0 Å². The molecule has 1 heterocycles. The summed E-state index contributed by atoms with van der Waals surface area (Å²) in [7, 11) is 0. The Kier molecular flexibility index (Phi) is 4.98. The molecule has 0 bridgehead atoms. The molecule has 1 aromatic rings. The van der Waals surface area contributed by atoms with E-state index >= 15 is 0 Å². The molecule has 0 spiro atoms. The zero-order chi connectivity index (χ0) is 15.2. The molecule has 1 fully saturated rings. The van der Waals surface area contributed by atoms with Crippen LogP contribution in [0.3, 0.4) is 0 Å². The number of rotatable bonds is 3. The highest BCUT2D eigenvalue weighted by Crippen LogP contribution is 2.17. The fraction of sp³-hybridized carbons (Fsp3) is 0.375. The molecule has 1 aromatic carbocycles. The summed E-state index contributed by atoms with van der Waals surface area (Å²) in [5.41, 5.74) is 2.38. The first-order chi connectivity index (χ1) is 10.1. The van der Waals surface area contributed by atoms with Crippen LogP contribution in [0.5, 0.6) is 0 Å². The highest BCUT2D eigenvalue weighted by atomic mass is 16.2. The smallest absolute Gasteiger partial charge is 0.312 e. The van der Waals surface area contributed by atoms with Gasteiger partial charge in [0, 0.05) is 38.4 Å². The van der Waals surface area contributed by atoms with Gasteiger partial charge in [0.05, 0.1) is 0 Å². The van der Waals surface area contributed by atoms with Crippen molar-refractivity contribution < 1.29 is 9.59 Å². The van der Waals surface area contributed by atoms with Crippen molar-refractivity contribution in [3.05, 3.63) is 42.5 Å². The summed E-state index contributed by atoms with van der Waals surface area (Å²) in [5, 5.41) is 2.52. The van der Waals surface area contributed by atoms with E-state index in [1.807, 2.05) is 6.07 Å². The maximum absolute atomic E-state index is 12.0. The Morgan fingerprint density at radius 3 is 2.62 bits per heavy atom. The summed E-state index contributed by atoms with van der Waals surface area (Å²) in [6.07, 6.45) is 1.56. The predicted octanol–water partition coefficient (Wildman–Crippen LogP) is 0.946. The molecule has 0 radical (unpaired) electrons. The van der Waals surface area contributed by atoms with Gasteiger partial charge in [-0.1, -0.05) is 18.2 Å². The van der Waals surface area contributed by atoms with Crippen LogP contribution in [0.4, 0.5) is 5.69 Å². The van der Waals surface area contributed by atoms with E-state index < -0.39 is 11.8 Å². The van der Waals surface area contributed by atoms with Crippen LogP contribution in [-0.4, -0.2) is 49.4 Å². The van der Waals surface area contributed by atoms with Crippen LogP contribution in [-0.2, 0) is 9.59 Å². The fourth-order valence-electron chi connectivity index (χ4n) is 2.38. The van der Waals surface area contributed by atoms with Gasteiger partial charge in [-0.3, -0.25) is 9.59 Å². The number of nitrogens with zero attached hydrogens (tertiary/aromatic N) is 2. The molecule has 112 valence electrons. The monoisotopic (exact) mass is 287 g/mol. The van der Waals surface area contributed by atoms with Crippen LogP contribution >= 0.6 is 0 Å². The molecule has 5 nitrogen and oxygen atoms in total. The number of amides is 2. The van der Waals surface area contributed by atoms with E-state index in [4.69, 9.17) is 0 Å². The first kappa shape index (κ1) is 15.1. The number of aryl methyl sites for hydroxylation is 1. The van der Waals surface area contributed by atoms with Gasteiger partial charge < -0.3 is 15.1 Å². The van der Waals surface area contributed by atoms with E-state index in [1.165, 1.54) is 11.3 Å². The maximum atomic E-state index is 12.0. The van der Waals surface area contributed by atoms with Gasteiger partial charge in [-0.15, -0.1) is 6.58 Å². The second kappa shape index (κ2) is 6.92. The summed E-state index contributed by atoms with van der Waals surface area (Å²) in [5.74, 6) is -1.01. The van der Waals surface area contributed by atoms with Crippen molar-refractivity contribution in [3.63, 3.8) is 0 Å². The topological polar surface area (TPSA) is 52.7 Å². The van der Waals surface area contributed by atoms with Gasteiger partial charge in [0.1, 0.15) is 0 Å². The van der Waals surface area contributed by atoms with E-state index in [0.29, 0.717) is 19.6 Å². The van der Waals surface area contributed by atoms with Gasteiger partial charge in [0.15, 0.2) is 0 Å². The lowest BCUT2D eigenvalue weighted by Crippen LogP contribution is -2.52. The molecule has 0 saturated carbocycles. The molecule has 0 unspecified atom stereocenters. The van der Waals surface area contributed by atoms with Crippen LogP contribution in [0.2, 0.25) is 0 Å². The normalized spacial score (nSPS) is 14.7. The lowest BCUT2D eigenvalue weighted by atomic mass is 10.2. The maximum Gasteiger partial charge on any atom is 0.312 e. The number of hydrogen-bond donors (Lipinski definition) is 1. The van der Waals surface area contributed by atoms with Gasteiger partial charge in [0.25, 0.3) is 0 Å². The van der Waals surface area contributed by atoms with Crippen molar-refractivity contribution in [2.75, 3.05) is 37.6 Å². The third kappa shape index (κ3) is 3.84. The summed E-state index contributed by atoms with van der Waals surface area (Å²) < 4.78 is 0. The van der Waals surface area contributed by atoms with Crippen LogP contribution in [0.15, 0.2) is 36.9 Å². The first-order valence-electron chi connectivity index (χ1n) is 7.11. The van der Waals surface area contributed by atoms with Crippen molar-refractivity contribution in [1.82, 2.24) is 10.2 Å². The molecule has 21 heavy (non-hydrogen) atoms. The molecular formula is C16H21N3O2. The third-order valence-corrected chi connectivity index (χ3v) is 3.53. The van der Waals surface area contributed by atoms with Gasteiger partial charge >= 0.3 is 11.8 Å². The second-order valence-electron chi connectivity index (χ2n) is 5.12. The highest BCUT2D eigenvalue weighted by molar-refractivity contribution is 6.35. The number of piperazine rings is 1. The molecule has 2 rings (SSSR count). The quantitative estimate of drug-likeness (QED) is 0.665. The molecule has 1 aliphatic heterocycles. The summed E-state index contributed by atoms with van der Waals surface area (Å²) in [6.45, 7) is 8.49. The van der Waals surface area contributed by atoms with E-state index in [0.717, 1.165) is 13.1 Å². The Balaban J connectivity index is 1.89. The molecule has 1 N–H and O–H groups in total. The molecule has 5 heteroatoms. The molecule has 0 aliphatic carbocycles. The second-order valence-corrected chi connectivity index (χ2v) is 5.12. The Bertz CT molecular complexity index is 534. The zero-order valence-electron chi connectivity index (χ0n) is 12.3. The van der Waals surface area contributed by atoms with Crippen molar-refractivity contribution in [3.8, 4) is 0 Å². The average molecular weight is 287 g/mol. The van der Waals surface area contributed by atoms with Gasteiger partial charge in [0.2, 0.25) is 0 Å². The standard InChI is InChI=1S/C16H21N3O2/c1-3-7-17-15(20)16(21)19-10-8-18(9-11-19)14-6-4-5-13(2)12-14/h3-6,12H,1,7-11H2,2H3,(H,17,20). The molecule has 2 amide bonds. The van der Waals surface area contributed by atoms with Gasteiger partial charge in [-0.25, -0.2) is 0 Å². The number of anilines is 1. The van der Waals surface area contributed by atoms with Crippen molar-refractivity contribution in [2.45, 2.75) is 6.92 Å². The van der Waals surface area contributed by atoms with Crippen molar-refractivity contribution >= 4 is 17.5 Å². The number of carbonyl (C=O) groups is 2. The SMILES string of the molecule is C=CCNC(=O)C(=O)N1CCN(c2cccc(C)c2)CC1. The Morgan fingerprint density at radius 2 is 2.00 bits per heavy atom. The van der Waals surface area contributed by atoms with Crippen LogP contribution in [0.1, 0.15) is 5.56 Å². The number of carbonyl (C=O) groups excluding carboxylic acids is 2. The molecular weight excluding hydrogens is 266 g/mol. The molecule has 0 aromatic heterocycles. The van der Waals surface area contributed by atoms with Crippen LogP contribution in [0.25, 0.3) is 0 Å². The zero-order valence-corrected chi connectivity index (χ0v) is 12.3. The molecule has 0 atom stereocenters. The largest absolute Gasteiger partial charge is 0.368 e. The third-order valence-electron chi connectivity index (χ3n) is 3.53. The van der Waals surface area contributed by atoms with E-state index in [9.17, 15) is 9.59 Å². The number of nitrogens with one attached hydrogen (secondary N) is 1. The van der Waals surface area contributed by atoms with E-state index in [-0.39, 0.29) is 0 Å². The Hall–Kier alpha value is -2.30. The predicted molar refractivity (Wildman–Crippen MR) is 83.2 cm³/mol. The summed E-state index contributed by atoms with van der Waals surface area (Å²) in [6, 6.07) is 8.30. The first-order valence-corrected chi connectivity index (χ1v) is 7.11.